The van der Waals surface area contributed by atoms with Gasteiger partial charge in [0.1, 0.15) is 0 Å². The molecule has 1 fully saturated rings. The number of carboxylic acids is 1. The van der Waals surface area contributed by atoms with E-state index in [0.717, 1.165) is 18.9 Å². The molecule has 1 aromatic rings. The number of rotatable bonds is 4. The monoisotopic (exact) mass is 314 g/mol. The number of hydrogen-bond acceptors (Lipinski definition) is 5. The summed E-state index contributed by atoms with van der Waals surface area (Å²) in [6.45, 7) is 1.32. The summed E-state index contributed by atoms with van der Waals surface area (Å²) in [5, 5.41) is 14.3. The third-order valence-electron chi connectivity index (χ3n) is 3.64. The molecule has 0 spiro atoms. The second-order valence-electron chi connectivity index (χ2n) is 4.95. The van der Waals surface area contributed by atoms with Gasteiger partial charge in [0, 0.05) is 20.2 Å². The Balaban J connectivity index is 2.34. The van der Waals surface area contributed by atoms with E-state index in [1.165, 1.54) is 12.1 Å². The van der Waals surface area contributed by atoms with Crippen LogP contribution >= 0.6 is 0 Å². The van der Waals surface area contributed by atoms with E-state index < -0.39 is 16.0 Å². The quantitative estimate of drug-likeness (QED) is 0.844. The maximum atomic E-state index is 11.4. The minimum absolute atomic E-state index is 0.0580. The Morgan fingerprint density at radius 1 is 1.38 bits per heavy atom. The molecule has 3 N–H and O–H groups in total. The van der Waals surface area contributed by atoms with Crippen LogP contribution < -0.4 is 10.0 Å². The van der Waals surface area contributed by atoms with Gasteiger partial charge in [-0.05, 0) is 31.0 Å². The van der Waals surface area contributed by atoms with Crippen molar-refractivity contribution in [1.29, 1.82) is 0 Å². The van der Waals surface area contributed by atoms with Gasteiger partial charge < -0.3 is 14.7 Å². The standard InChI is InChI=1S/C13H18N2O5S/c1-20-9-4-6-15(7-5-9)12-3-2-10(21(14,18)19)8-11(12)13(16)17/h2-3,8-9H,4-7H2,1H3,(H,16,17)(H2,14,18,19). The lowest BCUT2D eigenvalue weighted by Crippen LogP contribution is -2.37. The van der Waals surface area contributed by atoms with Gasteiger partial charge in [0.15, 0.2) is 0 Å². The van der Waals surface area contributed by atoms with Gasteiger partial charge in [-0.2, -0.15) is 0 Å². The van der Waals surface area contributed by atoms with Crippen molar-refractivity contribution in [3.8, 4) is 0 Å². The molecule has 0 aromatic heterocycles. The molecule has 0 unspecified atom stereocenters. The topological polar surface area (TPSA) is 110 Å². The van der Waals surface area contributed by atoms with Crippen molar-refractivity contribution in [2.75, 3.05) is 25.1 Å². The molecule has 1 aliphatic heterocycles. The highest BCUT2D eigenvalue weighted by Crippen LogP contribution is 2.27. The van der Waals surface area contributed by atoms with Gasteiger partial charge >= 0.3 is 5.97 Å². The molecule has 0 atom stereocenters. The number of nitrogens with two attached hydrogens (primary N) is 1. The average Bonchev–Trinajstić information content (AvgIpc) is 2.45. The molecular weight excluding hydrogens is 296 g/mol. The number of primary sulfonamides is 1. The zero-order valence-corrected chi connectivity index (χ0v) is 12.5. The van der Waals surface area contributed by atoms with Gasteiger partial charge in [0.05, 0.1) is 22.3 Å². The van der Waals surface area contributed by atoms with E-state index in [4.69, 9.17) is 9.88 Å². The molecule has 1 aromatic carbocycles. The Labute approximate surface area is 123 Å². The lowest BCUT2D eigenvalue weighted by atomic mass is 10.0. The second kappa shape index (κ2) is 6.00. The van der Waals surface area contributed by atoms with Crippen LogP contribution in [0.2, 0.25) is 0 Å². The van der Waals surface area contributed by atoms with Crippen molar-refractivity contribution in [2.45, 2.75) is 23.8 Å². The first-order valence-electron chi connectivity index (χ1n) is 6.51. The van der Waals surface area contributed by atoms with Crippen LogP contribution in [0.15, 0.2) is 23.1 Å². The normalized spacial score (nSPS) is 17.0. The highest BCUT2D eigenvalue weighted by atomic mass is 32.2. The molecule has 1 aliphatic rings. The van der Waals surface area contributed by atoms with Crippen LogP contribution in [0, 0.1) is 0 Å². The number of carboxylic acid groups (broad SMARTS) is 1. The number of ether oxygens (including phenoxy) is 1. The first-order valence-corrected chi connectivity index (χ1v) is 8.05. The van der Waals surface area contributed by atoms with E-state index in [9.17, 15) is 18.3 Å². The first kappa shape index (κ1) is 15.7. The predicted molar refractivity (Wildman–Crippen MR) is 77.0 cm³/mol. The predicted octanol–water partition coefficient (Wildman–Crippen LogP) is 0.647. The van der Waals surface area contributed by atoms with Gasteiger partial charge in [-0.3, -0.25) is 0 Å². The number of hydrogen-bond donors (Lipinski definition) is 2. The summed E-state index contributed by atoms with van der Waals surface area (Å²) in [6.07, 6.45) is 1.78. The van der Waals surface area contributed by atoms with Gasteiger partial charge in [-0.15, -0.1) is 0 Å². The van der Waals surface area contributed by atoms with E-state index in [-0.39, 0.29) is 16.6 Å². The summed E-state index contributed by atoms with van der Waals surface area (Å²) in [6, 6.07) is 3.94. The van der Waals surface area contributed by atoms with Crippen LogP contribution in [-0.2, 0) is 14.8 Å². The maximum absolute atomic E-state index is 11.4. The van der Waals surface area contributed by atoms with Crippen LogP contribution in [-0.4, -0.2) is 45.8 Å². The summed E-state index contributed by atoms with van der Waals surface area (Å²) in [7, 11) is -2.26. The fourth-order valence-corrected chi connectivity index (χ4v) is 3.01. The van der Waals surface area contributed by atoms with E-state index in [2.05, 4.69) is 0 Å². The highest BCUT2D eigenvalue weighted by molar-refractivity contribution is 7.89. The average molecular weight is 314 g/mol. The van der Waals surface area contributed by atoms with Crippen LogP contribution in [0.5, 0.6) is 0 Å². The summed E-state index contributed by atoms with van der Waals surface area (Å²) < 4.78 is 27.9. The fraction of sp³-hybridized carbons (Fsp3) is 0.462. The van der Waals surface area contributed by atoms with Crippen molar-refractivity contribution in [1.82, 2.24) is 0 Å². The first-order chi connectivity index (χ1) is 9.82. The fourth-order valence-electron chi connectivity index (χ4n) is 2.47. The summed E-state index contributed by atoms with van der Waals surface area (Å²) in [4.78, 5) is 13.1. The smallest absolute Gasteiger partial charge is 0.337 e. The number of anilines is 1. The zero-order chi connectivity index (χ0) is 15.6. The lowest BCUT2D eigenvalue weighted by molar-refractivity contribution is 0.0696. The van der Waals surface area contributed by atoms with Crippen molar-refractivity contribution in [3.05, 3.63) is 23.8 Å². The summed E-state index contributed by atoms with van der Waals surface area (Å²) >= 11 is 0. The molecule has 0 saturated carbocycles. The molecule has 0 aliphatic carbocycles. The Kier molecular flexibility index (Phi) is 4.50. The number of nitrogens with zero attached hydrogens (tertiary/aromatic N) is 1. The SMILES string of the molecule is COC1CCN(c2ccc(S(N)(=O)=O)cc2C(=O)O)CC1. The third-order valence-corrected chi connectivity index (χ3v) is 4.55. The molecule has 1 heterocycles. The molecule has 2 rings (SSSR count). The number of piperidine rings is 1. The number of aromatic carboxylic acids is 1. The minimum Gasteiger partial charge on any atom is -0.478 e. The molecule has 7 nitrogen and oxygen atoms in total. The lowest BCUT2D eigenvalue weighted by Gasteiger charge is -2.33. The molecule has 8 heteroatoms. The van der Waals surface area contributed by atoms with Gasteiger partial charge in [0.25, 0.3) is 0 Å². The van der Waals surface area contributed by atoms with Gasteiger partial charge in [-0.25, -0.2) is 18.4 Å². The van der Waals surface area contributed by atoms with Crippen molar-refractivity contribution in [2.24, 2.45) is 5.14 Å². The van der Waals surface area contributed by atoms with E-state index in [0.29, 0.717) is 18.8 Å². The molecule has 0 amide bonds. The number of benzene rings is 1. The number of sulfonamides is 1. The Bertz CT molecular complexity index is 636. The number of methoxy groups -OCH3 is 1. The molecule has 21 heavy (non-hydrogen) atoms. The van der Waals surface area contributed by atoms with Crippen LogP contribution in [0.3, 0.4) is 0 Å². The highest BCUT2D eigenvalue weighted by Gasteiger charge is 2.24. The Morgan fingerprint density at radius 2 is 2.00 bits per heavy atom. The van der Waals surface area contributed by atoms with Crippen molar-refractivity contribution in [3.63, 3.8) is 0 Å². The summed E-state index contributed by atoms with van der Waals surface area (Å²) in [5.74, 6) is -1.18. The van der Waals surface area contributed by atoms with Crippen LogP contribution in [0.4, 0.5) is 5.69 Å². The van der Waals surface area contributed by atoms with Crippen LogP contribution in [0.1, 0.15) is 23.2 Å². The molecular formula is C13H18N2O5S. The second-order valence-corrected chi connectivity index (χ2v) is 6.51. The number of carbonyl (C=O) groups is 1. The molecule has 116 valence electrons. The largest absolute Gasteiger partial charge is 0.478 e. The maximum Gasteiger partial charge on any atom is 0.337 e. The molecule has 0 bridgehead atoms. The summed E-state index contributed by atoms with van der Waals surface area (Å²) in [5.41, 5.74) is 0.446. The Hall–Kier alpha value is -1.64. The third kappa shape index (κ3) is 3.52. The van der Waals surface area contributed by atoms with Crippen molar-refractivity contribution < 1.29 is 23.1 Å². The Morgan fingerprint density at radius 3 is 2.48 bits per heavy atom. The van der Waals surface area contributed by atoms with E-state index in [1.54, 1.807) is 7.11 Å². The van der Waals surface area contributed by atoms with Gasteiger partial charge in [-0.1, -0.05) is 0 Å². The molecule has 1 saturated heterocycles. The van der Waals surface area contributed by atoms with Crippen LogP contribution in [0.25, 0.3) is 0 Å². The zero-order valence-electron chi connectivity index (χ0n) is 11.7. The van der Waals surface area contributed by atoms with E-state index in [1.807, 2.05) is 4.90 Å². The minimum atomic E-state index is -3.92. The molecule has 0 radical (unpaired) electrons. The van der Waals surface area contributed by atoms with Crippen molar-refractivity contribution >= 4 is 21.7 Å². The van der Waals surface area contributed by atoms with E-state index >= 15 is 0 Å². The van der Waals surface area contributed by atoms with Gasteiger partial charge in [0.2, 0.25) is 10.0 Å².